The van der Waals surface area contributed by atoms with Crippen LogP contribution in [0.5, 0.6) is 11.6 Å². The molecule has 5 nitrogen and oxygen atoms in total. The van der Waals surface area contributed by atoms with Crippen molar-refractivity contribution >= 4 is 21.9 Å². The molecule has 4 rings (SSSR count). The van der Waals surface area contributed by atoms with Crippen molar-refractivity contribution in [2.24, 2.45) is 0 Å². The summed E-state index contributed by atoms with van der Waals surface area (Å²) < 4.78 is 11.2. The Hall–Kier alpha value is -3.51. The second-order valence-corrected chi connectivity index (χ2v) is 7.29. The zero-order valence-corrected chi connectivity index (χ0v) is 17.7. The number of esters is 1. The topological polar surface area (TPSA) is 61.3 Å². The van der Waals surface area contributed by atoms with Gasteiger partial charge in [-0.1, -0.05) is 54.6 Å². The molecule has 0 unspecified atom stereocenters. The van der Waals surface area contributed by atoms with Gasteiger partial charge in [0.2, 0.25) is 5.88 Å². The molecule has 0 aliphatic carbocycles. The molecule has 6 heteroatoms. The van der Waals surface area contributed by atoms with Crippen molar-refractivity contribution in [2.75, 3.05) is 7.11 Å². The van der Waals surface area contributed by atoms with E-state index in [-0.39, 0.29) is 5.88 Å². The highest BCUT2D eigenvalue weighted by Gasteiger charge is 2.13. The molecule has 0 saturated carbocycles. The first-order valence-electron chi connectivity index (χ1n) is 9.19. The van der Waals surface area contributed by atoms with Gasteiger partial charge in [-0.05, 0) is 51.3 Å². The number of rotatable bonds is 5. The fourth-order valence-electron chi connectivity index (χ4n) is 2.94. The average molecular weight is 461 g/mol. The number of carbonyl (C=O) groups excluding carboxylic acids is 1. The summed E-state index contributed by atoms with van der Waals surface area (Å²) in [6.07, 6.45) is 0. The summed E-state index contributed by atoms with van der Waals surface area (Å²) in [5, 5.41) is 8.21. The third kappa shape index (κ3) is 4.39. The van der Waals surface area contributed by atoms with Gasteiger partial charge in [-0.15, -0.1) is 10.2 Å². The first kappa shape index (κ1) is 19.8. The Morgan fingerprint density at radius 3 is 2.13 bits per heavy atom. The molecule has 0 saturated heterocycles. The lowest BCUT2D eigenvalue weighted by Gasteiger charge is -2.07. The Kier molecular flexibility index (Phi) is 5.86. The minimum absolute atomic E-state index is 0.136. The molecule has 0 atom stereocenters. The highest BCUT2D eigenvalue weighted by molar-refractivity contribution is 9.10. The normalized spacial score (nSPS) is 10.5. The third-order valence-electron chi connectivity index (χ3n) is 4.51. The smallest absolute Gasteiger partial charge is 0.344 e. The van der Waals surface area contributed by atoms with Gasteiger partial charge in [0.15, 0.2) is 0 Å². The van der Waals surface area contributed by atoms with Crippen molar-refractivity contribution < 1.29 is 14.3 Å². The second kappa shape index (κ2) is 8.88. The largest absolute Gasteiger partial charge is 0.496 e. The molecule has 1 heterocycles. The van der Waals surface area contributed by atoms with Gasteiger partial charge < -0.3 is 9.47 Å². The maximum atomic E-state index is 12.3. The van der Waals surface area contributed by atoms with Crippen LogP contribution in [0.25, 0.3) is 22.4 Å². The van der Waals surface area contributed by atoms with E-state index < -0.39 is 5.97 Å². The minimum Gasteiger partial charge on any atom is -0.496 e. The van der Waals surface area contributed by atoms with E-state index in [4.69, 9.17) is 9.47 Å². The van der Waals surface area contributed by atoms with Crippen LogP contribution in [0.1, 0.15) is 10.4 Å². The van der Waals surface area contributed by atoms with Crippen molar-refractivity contribution in [1.82, 2.24) is 10.2 Å². The van der Waals surface area contributed by atoms with Gasteiger partial charge in [0.1, 0.15) is 5.75 Å². The number of hydrogen-bond donors (Lipinski definition) is 0. The van der Waals surface area contributed by atoms with Crippen molar-refractivity contribution in [3.8, 4) is 34.0 Å². The number of hydrogen-bond acceptors (Lipinski definition) is 5. The Bertz CT molecular complexity index is 1160. The van der Waals surface area contributed by atoms with E-state index in [0.717, 1.165) is 16.7 Å². The van der Waals surface area contributed by atoms with E-state index in [1.807, 2.05) is 42.5 Å². The van der Waals surface area contributed by atoms with Crippen molar-refractivity contribution in [1.29, 1.82) is 0 Å². The van der Waals surface area contributed by atoms with Gasteiger partial charge in [0.25, 0.3) is 0 Å². The van der Waals surface area contributed by atoms with Crippen LogP contribution in [0.4, 0.5) is 0 Å². The summed E-state index contributed by atoms with van der Waals surface area (Å²) in [4.78, 5) is 12.3. The lowest BCUT2D eigenvalue weighted by Crippen LogP contribution is -2.10. The zero-order chi connectivity index (χ0) is 20.9. The monoisotopic (exact) mass is 460 g/mol. The SMILES string of the molecule is COc1ccc(C(=O)Oc2ccc(-c3ccc(-c4ccccc4)cc3)nn2)cc1Br. The Morgan fingerprint density at radius 1 is 0.800 bits per heavy atom. The van der Waals surface area contributed by atoms with E-state index in [1.54, 1.807) is 37.4 Å². The number of nitrogens with zero attached hydrogens (tertiary/aromatic N) is 2. The highest BCUT2D eigenvalue weighted by atomic mass is 79.9. The van der Waals surface area contributed by atoms with Gasteiger partial charge in [-0.3, -0.25) is 0 Å². The van der Waals surface area contributed by atoms with Crippen LogP contribution in [0.3, 0.4) is 0 Å². The van der Waals surface area contributed by atoms with Crippen LogP contribution in [-0.4, -0.2) is 23.3 Å². The van der Waals surface area contributed by atoms with Crippen molar-refractivity contribution in [2.45, 2.75) is 0 Å². The molecule has 30 heavy (non-hydrogen) atoms. The van der Waals surface area contributed by atoms with Gasteiger partial charge in [0, 0.05) is 11.6 Å². The van der Waals surface area contributed by atoms with Crippen LogP contribution < -0.4 is 9.47 Å². The van der Waals surface area contributed by atoms with E-state index in [1.165, 1.54) is 0 Å². The minimum atomic E-state index is -0.521. The molecular weight excluding hydrogens is 444 g/mol. The van der Waals surface area contributed by atoms with E-state index in [0.29, 0.717) is 21.5 Å². The molecule has 3 aromatic carbocycles. The third-order valence-corrected chi connectivity index (χ3v) is 5.13. The number of halogens is 1. The fourth-order valence-corrected chi connectivity index (χ4v) is 3.48. The van der Waals surface area contributed by atoms with Crippen LogP contribution in [0.15, 0.2) is 89.4 Å². The van der Waals surface area contributed by atoms with Gasteiger partial charge in [0.05, 0.1) is 22.8 Å². The number of benzene rings is 3. The van der Waals surface area contributed by atoms with Crippen LogP contribution in [-0.2, 0) is 0 Å². The Balaban J connectivity index is 1.46. The van der Waals surface area contributed by atoms with Crippen LogP contribution >= 0.6 is 15.9 Å². The lowest BCUT2D eigenvalue weighted by molar-refractivity contribution is 0.0725. The van der Waals surface area contributed by atoms with Crippen molar-refractivity contribution in [3.05, 3.63) is 95.0 Å². The summed E-state index contributed by atoms with van der Waals surface area (Å²) in [5.74, 6) is 0.248. The maximum absolute atomic E-state index is 12.3. The molecule has 0 bridgehead atoms. The average Bonchev–Trinajstić information content (AvgIpc) is 2.80. The predicted molar refractivity (Wildman–Crippen MR) is 119 cm³/mol. The quantitative estimate of drug-likeness (QED) is 0.352. The molecule has 0 radical (unpaired) electrons. The zero-order valence-electron chi connectivity index (χ0n) is 16.1. The Morgan fingerprint density at radius 2 is 1.50 bits per heavy atom. The van der Waals surface area contributed by atoms with E-state index >= 15 is 0 Å². The lowest BCUT2D eigenvalue weighted by atomic mass is 10.0. The summed E-state index contributed by atoms with van der Waals surface area (Å²) in [6.45, 7) is 0. The van der Waals surface area contributed by atoms with Gasteiger partial charge in [-0.25, -0.2) is 4.79 Å². The first-order valence-corrected chi connectivity index (χ1v) is 9.98. The molecule has 148 valence electrons. The molecule has 0 aliphatic heterocycles. The van der Waals surface area contributed by atoms with Crippen LogP contribution in [0.2, 0.25) is 0 Å². The molecule has 0 amide bonds. The standard InChI is InChI=1S/C24H17BrN2O3/c1-29-22-13-11-19(15-20(22)25)24(28)30-23-14-12-21(26-27-23)18-9-7-17(8-10-18)16-5-3-2-4-6-16/h2-15H,1H3. The Labute approximate surface area is 182 Å². The first-order chi connectivity index (χ1) is 14.6. The molecule has 1 aromatic heterocycles. The molecule has 0 spiro atoms. The van der Waals surface area contributed by atoms with E-state index in [2.05, 4.69) is 38.3 Å². The highest BCUT2D eigenvalue weighted by Crippen LogP contribution is 2.27. The van der Waals surface area contributed by atoms with Crippen molar-refractivity contribution in [3.63, 3.8) is 0 Å². The molecule has 4 aromatic rings. The number of methoxy groups -OCH3 is 1. The van der Waals surface area contributed by atoms with Crippen LogP contribution in [0, 0.1) is 0 Å². The maximum Gasteiger partial charge on any atom is 0.344 e. The molecule has 0 aliphatic rings. The molecule has 0 N–H and O–H groups in total. The fraction of sp³-hybridized carbons (Fsp3) is 0.0417. The predicted octanol–water partition coefficient (Wildman–Crippen LogP) is 5.80. The summed E-state index contributed by atoms with van der Waals surface area (Å²) >= 11 is 3.36. The van der Waals surface area contributed by atoms with E-state index in [9.17, 15) is 4.79 Å². The number of aromatic nitrogens is 2. The molecular formula is C24H17BrN2O3. The summed E-state index contributed by atoms with van der Waals surface area (Å²) in [7, 11) is 1.56. The number of carbonyl (C=O) groups is 1. The summed E-state index contributed by atoms with van der Waals surface area (Å²) in [6, 6.07) is 26.6. The molecule has 0 fully saturated rings. The van der Waals surface area contributed by atoms with Gasteiger partial charge >= 0.3 is 5.97 Å². The number of ether oxygens (including phenoxy) is 2. The van der Waals surface area contributed by atoms with Gasteiger partial charge in [-0.2, -0.15) is 0 Å². The second-order valence-electron chi connectivity index (χ2n) is 6.44. The summed E-state index contributed by atoms with van der Waals surface area (Å²) in [5.41, 5.74) is 4.29.